The highest BCUT2D eigenvalue weighted by Gasteiger charge is 2.25. The van der Waals surface area contributed by atoms with E-state index in [1.54, 1.807) is 33.2 Å². The molecule has 0 aliphatic rings. The van der Waals surface area contributed by atoms with Gasteiger partial charge >= 0.3 is 0 Å². The number of likely N-dealkylation sites (N-methyl/N-ethyl adjacent to an activating group) is 1. The molecule has 3 aromatic rings. The van der Waals surface area contributed by atoms with E-state index in [9.17, 15) is 4.79 Å². The summed E-state index contributed by atoms with van der Waals surface area (Å²) < 4.78 is 2.91. The molecule has 8 heteroatoms. The van der Waals surface area contributed by atoms with Gasteiger partial charge in [-0.05, 0) is 65.0 Å². The number of anilines is 1. The highest BCUT2D eigenvalue weighted by Crippen LogP contribution is 2.32. The van der Waals surface area contributed by atoms with Gasteiger partial charge in [0.2, 0.25) is 0 Å². The quantitative estimate of drug-likeness (QED) is 0.594. The van der Waals surface area contributed by atoms with Crippen molar-refractivity contribution in [2.75, 3.05) is 32.1 Å². The lowest BCUT2D eigenvalue weighted by atomic mass is 10.1. The van der Waals surface area contributed by atoms with E-state index in [0.29, 0.717) is 12.2 Å². The molecule has 6 nitrogen and oxygen atoms in total. The molecule has 0 unspecified atom stereocenters. The van der Waals surface area contributed by atoms with Crippen LogP contribution in [0.2, 0.25) is 0 Å². The summed E-state index contributed by atoms with van der Waals surface area (Å²) in [5.74, 6) is -0.0588. The molecule has 0 aliphatic carbocycles. The van der Waals surface area contributed by atoms with Gasteiger partial charge in [0.05, 0.1) is 10.2 Å². The number of thiazole rings is 1. The number of carbonyl (C=O) groups excluding carboxylic acids is 1. The van der Waals surface area contributed by atoms with Crippen molar-refractivity contribution in [3.63, 3.8) is 0 Å². The van der Waals surface area contributed by atoms with E-state index in [-0.39, 0.29) is 24.4 Å². The summed E-state index contributed by atoms with van der Waals surface area (Å²) in [5.41, 5.74) is 3.92. The Kier molecular flexibility index (Phi) is 7.20. The maximum Gasteiger partial charge on any atom is 0.278 e. The number of benzene rings is 1. The predicted octanol–water partition coefficient (Wildman–Crippen LogP) is 4.32. The number of halogens is 1. The first-order valence-electron chi connectivity index (χ1n) is 9.16. The summed E-state index contributed by atoms with van der Waals surface area (Å²) in [6, 6.07) is 6.14. The zero-order valence-corrected chi connectivity index (χ0v) is 18.9. The van der Waals surface area contributed by atoms with Gasteiger partial charge in [0.15, 0.2) is 5.13 Å². The molecule has 0 saturated heterocycles. The fourth-order valence-electron chi connectivity index (χ4n) is 3.10. The Morgan fingerprint density at radius 1 is 1.21 bits per heavy atom. The molecule has 0 saturated carbocycles. The molecule has 0 N–H and O–H groups in total. The minimum atomic E-state index is -0.0588. The Balaban J connectivity index is 0.00000280. The zero-order chi connectivity index (χ0) is 19.7. The number of hydrogen-bond donors (Lipinski definition) is 0. The van der Waals surface area contributed by atoms with E-state index in [0.717, 1.165) is 21.9 Å². The lowest BCUT2D eigenvalue weighted by Gasteiger charge is -2.22. The predicted molar refractivity (Wildman–Crippen MR) is 119 cm³/mol. The fraction of sp³-hybridized carbons (Fsp3) is 0.450. The van der Waals surface area contributed by atoms with Gasteiger partial charge in [-0.25, -0.2) is 4.98 Å². The van der Waals surface area contributed by atoms with Crippen LogP contribution in [0, 0.1) is 13.8 Å². The second kappa shape index (κ2) is 9.03. The van der Waals surface area contributed by atoms with Crippen LogP contribution >= 0.6 is 23.7 Å². The van der Waals surface area contributed by atoms with Crippen molar-refractivity contribution >= 4 is 45.0 Å². The maximum atomic E-state index is 13.4. The van der Waals surface area contributed by atoms with Crippen LogP contribution in [0.3, 0.4) is 0 Å². The van der Waals surface area contributed by atoms with Gasteiger partial charge in [0, 0.05) is 25.3 Å². The van der Waals surface area contributed by atoms with Crippen LogP contribution in [0.15, 0.2) is 24.4 Å². The van der Waals surface area contributed by atoms with Crippen LogP contribution in [-0.4, -0.2) is 52.8 Å². The minimum Gasteiger partial charge on any atom is -0.308 e. The van der Waals surface area contributed by atoms with Gasteiger partial charge in [0.25, 0.3) is 5.91 Å². The largest absolute Gasteiger partial charge is 0.308 e. The molecule has 2 heterocycles. The third-order valence-corrected chi connectivity index (χ3v) is 5.66. The minimum absolute atomic E-state index is 0. The summed E-state index contributed by atoms with van der Waals surface area (Å²) in [7, 11) is 4.01. The molecule has 2 aromatic heterocycles. The molecule has 3 rings (SSSR count). The summed E-state index contributed by atoms with van der Waals surface area (Å²) in [4.78, 5) is 22.0. The first kappa shape index (κ1) is 22.3. The normalized spacial score (nSPS) is 11.3. The van der Waals surface area contributed by atoms with Crippen molar-refractivity contribution in [2.45, 2.75) is 33.7 Å². The Morgan fingerprint density at radius 2 is 1.93 bits per heavy atom. The molecule has 1 amide bonds. The second-order valence-electron chi connectivity index (χ2n) is 7.44. The van der Waals surface area contributed by atoms with Crippen molar-refractivity contribution in [3.05, 3.63) is 41.2 Å². The fourth-order valence-corrected chi connectivity index (χ4v) is 4.14. The van der Waals surface area contributed by atoms with Crippen LogP contribution in [0.4, 0.5) is 5.13 Å². The average molecular weight is 422 g/mol. The average Bonchev–Trinajstić information content (AvgIpc) is 3.21. The van der Waals surface area contributed by atoms with Crippen molar-refractivity contribution in [1.29, 1.82) is 0 Å². The van der Waals surface area contributed by atoms with E-state index in [2.05, 4.69) is 36.0 Å². The van der Waals surface area contributed by atoms with E-state index < -0.39 is 0 Å². The summed E-state index contributed by atoms with van der Waals surface area (Å²) in [6.45, 7) is 9.55. The van der Waals surface area contributed by atoms with Crippen molar-refractivity contribution < 1.29 is 4.79 Å². The Labute approximate surface area is 176 Å². The Bertz CT molecular complexity index is 963. The summed E-state index contributed by atoms with van der Waals surface area (Å²) in [6.07, 6.45) is 1.68. The van der Waals surface area contributed by atoms with E-state index in [4.69, 9.17) is 4.98 Å². The van der Waals surface area contributed by atoms with Gasteiger partial charge in [-0.3, -0.25) is 14.4 Å². The van der Waals surface area contributed by atoms with E-state index in [1.807, 2.05) is 27.9 Å². The first-order valence-corrected chi connectivity index (χ1v) is 9.97. The molecular weight excluding hydrogens is 394 g/mol. The smallest absolute Gasteiger partial charge is 0.278 e. The zero-order valence-electron chi connectivity index (χ0n) is 17.3. The van der Waals surface area contributed by atoms with Gasteiger partial charge in [-0.1, -0.05) is 17.4 Å². The number of hydrogen-bond acceptors (Lipinski definition) is 5. The summed E-state index contributed by atoms with van der Waals surface area (Å²) >= 11 is 1.58. The third kappa shape index (κ3) is 4.54. The van der Waals surface area contributed by atoms with Crippen molar-refractivity contribution in [2.24, 2.45) is 0 Å². The van der Waals surface area contributed by atoms with E-state index >= 15 is 0 Å². The van der Waals surface area contributed by atoms with E-state index in [1.165, 1.54) is 11.1 Å². The van der Waals surface area contributed by atoms with Crippen LogP contribution in [0.1, 0.15) is 41.5 Å². The Morgan fingerprint density at radius 3 is 2.57 bits per heavy atom. The molecule has 0 aliphatic heterocycles. The van der Waals surface area contributed by atoms with Crippen LogP contribution in [-0.2, 0) is 0 Å². The molecular formula is C20H28ClN5OS. The second-order valence-corrected chi connectivity index (χ2v) is 8.42. The van der Waals surface area contributed by atoms with Crippen LogP contribution in [0.5, 0.6) is 0 Å². The number of nitrogens with zero attached hydrogens (tertiary/aromatic N) is 5. The molecule has 0 radical (unpaired) electrons. The molecule has 0 atom stereocenters. The molecule has 0 spiro atoms. The SMILES string of the molecule is Cc1cc(C)c2sc(N(CCN(C)C)C(=O)c3ccnn3C(C)C)nc2c1.Cl. The van der Waals surface area contributed by atoms with Crippen LogP contribution in [0.25, 0.3) is 10.2 Å². The van der Waals surface area contributed by atoms with Gasteiger partial charge in [-0.15, -0.1) is 12.4 Å². The van der Waals surface area contributed by atoms with Crippen LogP contribution < -0.4 is 4.90 Å². The highest BCUT2D eigenvalue weighted by atomic mass is 35.5. The monoisotopic (exact) mass is 421 g/mol. The number of aromatic nitrogens is 3. The Hall–Kier alpha value is -1.96. The number of carbonyl (C=O) groups is 1. The number of rotatable bonds is 6. The topological polar surface area (TPSA) is 54.3 Å². The third-order valence-electron chi connectivity index (χ3n) is 4.43. The highest BCUT2D eigenvalue weighted by molar-refractivity contribution is 7.22. The van der Waals surface area contributed by atoms with Gasteiger partial charge in [-0.2, -0.15) is 5.10 Å². The standard InChI is InChI=1S/C20H27N5OS.ClH/c1-13(2)25-17(7-8-21-25)19(26)24(10-9-23(5)6)20-22-16-12-14(3)11-15(4)18(16)27-20;/h7-8,11-13H,9-10H2,1-6H3;1H. The molecule has 1 aromatic carbocycles. The number of fused-ring (bicyclic) bond motifs is 1. The summed E-state index contributed by atoms with van der Waals surface area (Å²) in [5, 5.41) is 5.06. The van der Waals surface area contributed by atoms with Crippen molar-refractivity contribution in [1.82, 2.24) is 19.7 Å². The number of amides is 1. The molecule has 152 valence electrons. The molecule has 28 heavy (non-hydrogen) atoms. The maximum absolute atomic E-state index is 13.4. The lowest BCUT2D eigenvalue weighted by Crippen LogP contribution is -2.38. The number of aryl methyl sites for hydroxylation is 2. The van der Waals surface area contributed by atoms with Gasteiger partial charge < -0.3 is 4.90 Å². The molecule has 0 bridgehead atoms. The molecule has 0 fully saturated rings. The first-order chi connectivity index (χ1) is 12.8. The lowest BCUT2D eigenvalue weighted by molar-refractivity contribution is 0.0973. The van der Waals surface area contributed by atoms with Gasteiger partial charge in [0.1, 0.15) is 5.69 Å². The van der Waals surface area contributed by atoms with Crippen molar-refractivity contribution in [3.8, 4) is 0 Å².